The molecule has 2 N–H and O–H groups in total. The summed E-state index contributed by atoms with van der Waals surface area (Å²) in [7, 11) is 0. The number of nitrogens with zero attached hydrogens (tertiary/aromatic N) is 1. The Morgan fingerprint density at radius 1 is 1.53 bits per heavy atom. The van der Waals surface area contributed by atoms with E-state index in [-0.39, 0.29) is 11.6 Å². The van der Waals surface area contributed by atoms with E-state index in [4.69, 9.17) is 15.7 Å². The molecule has 3 heteroatoms. The fourth-order valence-electron chi connectivity index (χ4n) is 1.98. The Morgan fingerprint density at radius 3 is 2.93 bits per heavy atom. The van der Waals surface area contributed by atoms with Crippen LogP contribution in [-0.4, -0.2) is 5.60 Å². The molecule has 1 atom stereocenters. The smallest absolute Gasteiger partial charge is 0.124 e. The number of nitrogens with two attached hydrogens (primary N) is 1. The van der Waals surface area contributed by atoms with Crippen molar-refractivity contribution in [2.24, 2.45) is 5.73 Å². The zero-order valence-corrected chi connectivity index (χ0v) is 8.95. The van der Waals surface area contributed by atoms with Crippen molar-refractivity contribution in [1.29, 1.82) is 5.26 Å². The van der Waals surface area contributed by atoms with Gasteiger partial charge in [-0.2, -0.15) is 5.26 Å². The lowest BCUT2D eigenvalue weighted by molar-refractivity contribution is 0.0729. The van der Waals surface area contributed by atoms with Crippen molar-refractivity contribution in [3.63, 3.8) is 0 Å². The van der Waals surface area contributed by atoms with Gasteiger partial charge in [0.2, 0.25) is 0 Å². The summed E-state index contributed by atoms with van der Waals surface area (Å²) in [5, 5.41) is 8.80. The number of fused-ring (bicyclic) bond motifs is 1. The molecule has 0 radical (unpaired) electrons. The van der Waals surface area contributed by atoms with Crippen molar-refractivity contribution < 1.29 is 4.74 Å². The van der Waals surface area contributed by atoms with Crippen LogP contribution >= 0.6 is 0 Å². The molecule has 0 aliphatic carbocycles. The Kier molecular flexibility index (Phi) is 2.17. The highest BCUT2D eigenvalue weighted by Gasteiger charge is 2.31. The third kappa shape index (κ3) is 1.81. The van der Waals surface area contributed by atoms with Crippen molar-refractivity contribution in [3.05, 3.63) is 29.3 Å². The molecule has 1 aliphatic heterocycles. The maximum absolute atomic E-state index is 8.80. The van der Waals surface area contributed by atoms with Crippen molar-refractivity contribution >= 4 is 0 Å². The number of hydrogen-bond donors (Lipinski definition) is 1. The Balaban J connectivity index is 2.47. The van der Waals surface area contributed by atoms with E-state index < -0.39 is 0 Å². The molecule has 0 fully saturated rings. The third-order valence-electron chi connectivity index (χ3n) is 2.64. The van der Waals surface area contributed by atoms with Gasteiger partial charge in [-0.3, -0.25) is 0 Å². The van der Waals surface area contributed by atoms with Gasteiger partial charge in [0.1, 0.15) is 11.4 Å². The lowest BCUT2D eigenvalue weighted by atomic mass is 9.89. The molecule has 0 amide bonds. The summed E-state index contributed by atoms with van der Waals surface area (Å²) in [6, 6.07) is 7.46. The van der Waals surface area contributed by atoms with Gasteiger partial charge >= 0.3 is 0 Å². The first-order valence-electron chi connectivity index (χ1n) is 5.00. The van der Waals surface area contributed by atoms with E-state index in [0.29, 0.717) is 5.56 Å². The first kappa shape index (κ1) is 10.0. The summed E-state index contributed by atoms with van der Waals surface area (Å²) in [6.07, 6.45) is 0.773. The molecule has 1 aliphatic rings. The largest absolute Gasteiger partial charge is 0.487 e. The first-order valence-corrected chi connectivity index (χ1v) is 5.00. The highest BCUT2D eigenvalue weighted by Crippen LogP contribution is 2.38. The average Bonchev–Trinajstić information content (AvgIpc) is 2.15. The van der Waals surface area contributed by atoms with Gasteiger partial charge in [0, 0.05) is 18.0 Å². The van der Waals surface area contributed by atoms with E-state index in [1.165, 1.54) is 0 Å². The number of ether oxygens (including phenoxy) is 1. The third-order valence-corrected chi connectivity index (χ3v) is 2.64. The first-order chi connectivity index (χ1) is 7.02. The Labute approximate surface area is 89.5 Å². The molecule has 0 spiro atoms. The molecular weight excluding hydrogens is 188 g/mol. The molecule has 2 rings (SSSR count). The number of benzene rings is 1. The van der Waals surface area contributed by atoms with Crippen LogP contribution in [0.1, 0.15) is 37.4 Å². The quantitative estimate of drug-likeness (QED) is 0.701. The lowest BCUT2D eigenvalue weighted by Gasteiger charge is -2.36. The Bertz CT molecular complexity index is 432. The minimum absolute atomic E-state index is 0.0444. The fourth-order valence-corrected chi connectivity index (χ4v) is 1.98. The number of hydrogen-bond acceptors (Lipinski definition) is 3. The van der Waals surface area contributed by atoms with Crippen molar-refractivity contribution in [1.82, 2.24) is 0 Å². The minimum atomic E-state index is -0.222. The number of rotatable bonds is 0. The summed E-state index contributed by atoms with van der Waals surface area (Å²) in [6.45, 7) is 4.04. The normalized spacial score (nSPS) is 22.4. The molecule has 15 heavy (non-hydrogen) atoms. The molecule has 0 saturated heterocycles. The molecule has 1 aromatic rings. The summed E-state index contributed by atoms with van der Waals surface area (Å²) >= 11 is 0. The zero-order valence-electron chi connectivity index (χ0n) is 8.95. The van der Waals surface area contributed by atoms with Crippen LogP contribution in [0.15, 0.2) is 18.2 Å². The predicted octanol–water partition coefficient (Wildman–Crippen LogP) is 2.12. The predicted molar refractivity (Wildman–Crippen MR) is 57.4 cm³/mol. The van der Waals surface area contributed by atoms with Gasteiger partial charge in [0.05, 0.1) is 11.6 Å². The Hall–Kier alpha value is -1.53. The van der Waals surface area contributed by atoms with Gasteiger partial charge in [0.15, 0.2) is 0 Å². The molecule has 1 aromatic carbocycles. The van der Waals surface area contributed by atoms with E-state index in [1.807, 2.05) is 26.0 Å². The van der Waals surface area contributed by atoms with Crippen LogP contribution in [0.4, 0.5) is 0 Å². The summed E-state index contributed by atoms with van der Waals surface area (Å²) in [4.78, 5) is 0. The van der Waals surface area contributed by atoms with Crippen molar-refractivity contribution in [2.75, 3.05) is 0 Å². The Morgan fingerprint density at radius 2 is 2.27 bits per heavy atom. The van der Waals surface area contributed by atoms with Crippen LogP contribution in [-0.2, 0) is 0 Å². The van der Waals surface area contributed by atoms with E-state index in [1.54, 1.807) is 6.07 Å². The highest BCUT2D eigenvalue weighted by molar-refractivity contribution is 5.45. The summed E-state index contributed by atoms with van der Waals surface area (Å²) < 4.78 is 5.80. The number of nitriles is 1. The topological polar surface area (TPSA) is 59.0 Å². The van der Waals surface area contributed by atoms with E-state index in [9.17, 15) is 0 Å². The van der Waals surface area contributed by atoms with Gasteiger partial charge in [-0.1, -0.05) is 0 Å². The van der Waals surface area contributed by atoms with Crippen LogP contribution in [0.5, 0.6) is 5.75 Å². The fraction of sp³-hybridized carbons (Fsp3) is 0.417. The average molecular weight is 202 g/mol. The van der Waals surface area contributed by atoms with Gasteiger partial charge in [-0.15, -0.1) is 0 Å². The summed E-state index contributed by atoms with van der Waals surface area (Å²) in [5.41, 5.74) is 7.40. The van der Waals surface area contributed by atoms with Crippen LogP contribution in [0.25, 0.3) is 0 Å². The van der Waals surface area contributed by atoms with E-state index in [0.717, 1.165) is 17.7 Å². The molecule has 0 saturated carbocycles. The van der Waals surface area contributed by atoms with Crippen LogP contribution in [0.2, 0.25) is 0 Å². The van der Waals surface area contributed by atoms with Gasteiger partial charge < -0.3 is 10.5 Å². The zero-order chi connectivity index (χ0) is 11.1. The van der Waals surface area contributed by atoms with Crippen molar-refractivity contribution in [2.45, 2.75) is 31.9 Å². The summed E-state index contributed by atoms with van der Waals surface area (Å²) in [5.74, 6) is 0.803. The minimum Gasteiger partial charge on any atom is -0.487 e. The second kappa shape index (κ2) is 3.25. The molecule has 3 nitrogen and oxygen atoms in total. The maximum Gasteiger partial charge on any atom is 0.124 e. The van der Waals surface area contributed by atoms with Crippen LogP contribution < -0.4 is 10.5 Å². The second-order valence-corrected chi connectivity index (χ2v) is 4.54. The highest BCUT2D eigenvalue weighted by atomic mass is 16.5. The second-order valence-electron chi connectivity index (χ2n) is 4.54. The van der Waals surface area contributed by atoms with Crippen molar-refractivity contribution in [3.8, 4) is 11.8 Å². The molecule has 1 unspecified atom stereocenters. The lowest BCUT2D eigenvalue weighted by Crippen LogP contribution is -2.37. The maximum atomic E-state index is 8.80. The van der Waals surface area contributed by atoms with Crippen LogP contribution in [0, 0.1) is 11.3 Å². The molecule has 0 bridgehead atoms. The van der Waals surface area contributed by atoms with Gasteiger partial charge in [-0.05, 0) is 32.0 Å². The van der Waals surface area contributed by atoms with Crippen LogP contribution in [0.3, 0.4) is 0 Å². The monoisotopic (exact) mass is 202 g/mol. The molecular formula is C12H14N2O. The van der Waals surface area contributed by atoms with E-state index in [2.05, 4.69) is 6.07 Å². The van der Waals surface area contributed by atoms with Gasteiger partial charge in [-0.25, -0.2) is 0 Å². The molecule has 0 aromatic heterocycles. The SMILES string of the molecule is CC1(C)CC(N)c2cc(C#N)ccc2O1. The molecule has 1 heterocycles. The molecule has 78 valence electrons. The standard InChI is InChI=1S/C12H14N2O/c1-12(2)6-10(14)9-5-8(7-13)3-4-11(9)15-12/h3-5,10H,6,14H2,1-2H3. The van der Waals surface area contributed by atoms with Gasteiger partial charge in [0.25, 0.3) is 0 Å². The van der Waals surface area contributed by atoms with E-state index >= 15 is 0 Å².